The molecule has 0 spiro atoms. The molecule has 2 nitrogen and oxygen atoms in total. The van der Waals surface area contributed by atoms with Crippen molar-refractivity contribution in [2.24, 2.45) is 4.99 Å². The first-order valence-corrected chi connectivity index (χ1v) is 9.39. The molecule has 128 valence electrons. The molecule has 3 heteroatoms. The number of hydrogen-bond donors (Lipinski definition) is 0. The molecule has 0 bridgehead atoms. The maximum absolute atomic E-state index is 5.45. The zero-order valence-corrected chi connectivity index (χ0v) is 15.7. The van der Waals surface area contributed by atoms with Crippen LogP contribution in [0.1, 0.15) is 45.1 Å². The Kier molecular flexibility index (Phi) is 9.72. The van der Waals surface area contributed by atoms with Crippen molar-refractivity contribution in [1.29, 1.82) is 0 Å². The molecule has 0 amide bonds. The van der Waals surface area contributed by atoms with Crippen molar-refractivity contribution in [3.63, 3.8) is 0 Å². The Balaban J connectivity index is 2.80. The zero-order chi connectivity index (χ0) is 17.8. The third-order valence-corrected chi connectivity index (χ3v) is 4.92. The Hall–Kier alpha value is -1.92. The number of nitrogens with zero attached hydrogens (tertiary/aromatic N) is 2. The minimum Gasteiger partial charge on any atom is -0.362 e. The second-order valence-electron chi connectivity index (χ2n) is 5.59. The standard InChI is InChI=1S/C21H28N2S/c1-6-9-10-11-16-23(17-24-18(4)21(8-3)22-5)20-14-12-19(7-2)13-15-20/h2,8,12-15H,3,5-6,9-11,16-17H2,1,4H3/b21-18-. The lowest BCUT2D eigenvalue weighted by Gasteiger charge is -2.25. The van der Waals surface area contributed by atoms with Gasteiger partial charge in [-0.05, 0) is 50.4 Å². The summed E-state index contributed by atoms with van der Waals surface area (Å²) in [5.41, 5.74) is 2.98. The van der Waals surface area contributed by atoms with Crippen LogP contribution in [0.5, 0.6) is 0 Å². The minimum atomic E-state index is 0.855. The van der Waals surface area contributed by atoms with Crippen LogP contribution in [-0.2, 0) is 0 Å². The van der Waals surface area contributed by atoms with Crippen molar-refractivity contribution in [2.75, 3.05) is 17.3 Å². The van der Waals surface area contributed by atoms with Gasteiger partial charge >= 0.3 is 0 Å². The average molecular weight is 341 g/mol. The highest BCUT2D eigenvalue weighted by Crippen LogP contribution is 2.25. The second-order valence-corrected chi connectivity index (χ2v) is 6.75. The van der Waals surface area contributed by atoms with E-state index in [0.717, 1.165) is 28.6 Å². The molecule has 1 aromatic carbocycles. The molecule has 0 aliphatic heterocycles. The van der Waals surface area contributed by atoms with E-state index in [1.807, 2.05) is 12.1 Å². The van der Waals surface area contributed by atoms with Gasteiger partial charge in [-0.25, -0.2) is 0 Å². The van der Waals surface area contributed by atoms with E-state index < -0.39 is 0 Å². The van der Waals surface area contributed by atoms with Gasteiger partial charge in [0.1, 0.15) is 0 Å². The number of aliphatic imine (C=N–C) groups is 1. The summed E-state index contributed by atoms with van der Waals surface area (Å²) in [6.45, 7) is 12.7. The topological polar surface area (TPSA) is 15.6 Å². The number of hydrogen-bond acceptors (Lipinski definition) is 3. The van der Waals surface area contributed by atoms with Crippen LogP contribution in [0.15, 0.2) is 52.5 Å². The molecule has 0 saturated heterocycles. The van der Waals surface area contributed by atoms with E-state index in [9.17, 15) is 0 Å². The quantitative estimate of drug-likeness (QED) is 0.165. The van der Waals surface area contributed by atoms with E-state index in [1.165, 1.54) is 31.4 Å². The SMILES string of the molecule is C#Cc1ccc(N(CCCCCC)CS/C(C)=C(/C=C)N=C)cc1. The Morgan fingerprint density at radius 3 is 2.54 bits per heavy atom. The molecule has 24 heavy (non-hydrogen) atoms. The first kappa shape index (κ1) is 20.1. The highest BCUT2D eigenvalue weighted by molar-refractivity contribution is 8.03. The predicted octanol–water partition coefficient (Wildman–Crippen LogP) is 5.86. The molecule has 0 aliphatic carbocycles. The molecule has 0 atom stereocenters. The van der Waals surface area contributed by atoms with E-state index in [4.69, 9.17) is 6.42 Å². The van der Waals surface area contributed by atoms with E-state index in [2.05, 4.69) is 55.1 Å². The van der Waals surface area contributed by atoms with Gasteiger partial charge in [0.2, 0.25) is 0 Å². The monoisotopic (exact) mass is 340 g/mol. The highest BCUT2D eigenvalue weighted by atomic mass is 32.2. The largest absolute Gasteiger partial charge is 0.362 e. The van der Waals surface area contributed by atoms with Gasteiger partial charge in [0, 0.05) is 22.7 Å². The Labute approximate surface area is 151 Å². The van der Waals surface area contributed by atoms with Gasteiger partial charge in [-0.1, -0.05) is 38.7 Å². The number of benzene rings is 1. The molecule has 0 saturated carbocycles. The highest BCUT2D eigenvalue weighted by Gasteiger charge is 2.08. The van der Waals surface area contributed by atoms with Crippen LogP contribution in [0, 0.1) is 12.3 Å². The fourth-order valence-electron chi connectivity index (χ4n) is 2.33. The second kappa shape index (κ2) is 11.6. The fraction of sp³-hybridized carbons (Fsp3) is 0.381. The lowest BCUT2D eigenvalue weighted by atomic mass is 10.2. The van der Waals surface area contributed by atoms with Crippen molar-refractivity contribution >= 4 is 24.2 Å². The van der Waals surface area contributed by atoms with Crippen LogP contribution in [0.2, 0.25) is 0 Å². The number of allylic oxidation sites excluding steroid dienone is 2. The van der Waals surface area contributed by atoms with E-state index in [0.29, 0.717) is 0 Å². The van der Waals surface area contributed by atoms with Crippen molar-refractivity contribution in [2.45, 2.75) is 39.5 Å². The molecule has 0 unspecified atom stereocenters. The van der Waals surface area contributed by atoms with Crippen molar-refractivity contribution in [3.8, 4) is 12.3 Å². The van der Waals surface area contributed by atoms with Crippen LogP contribution >= 0.6 is 11.8 Å². The summed E-state index contributed by atoms with van der Waals surface area (Å²) in [6.07, 6.45) is 12.2. The van der Waals surface area contributed by atoms with Crippen LogP contribution in [0.25, 0.3) is 0 Å². The van der Waals surface area contributed by atoms with Gasteiger partial charge in [-0.2, -0.15) is 0 Å². The predicted molar refractivity (Wildman–Crippen MR) is 111 cm³/mol. The normalized spacial score (nSPS) is 11.4. The Morgan fingerprint density at radius 2 is 2.00 bits per heavy atom. The number of thioether (sulfide) groups is 1. The summed E-state index contributed by atoms with van der Waals surface area (Å²) in [5, 5.41) is 0. The number of unbranched alkanes of at least 4 members (excludes halogenated alkanes) is 3. The molecular weight excluding hydrogens is 312 g/mol. The molecule has 0 radical (unpaired) electrons. The molecule has 1 aromatic rings. The smallest absolute Gasteiger partial charge is 0.0709 e. The van der Waals surface area contributed by atoms with Crippen LogP contribution < -0.4 is 4.90 Å². The van der Waals surface area contributed by atoms with E-state index in [1.54, 1.807) is 17.8 Å². The van der Waals surface area contributed by atoms with Gasteiger partial charge in [-0.3, -0.25) is 4.99 Å². The first-order chi connectivity index (χ1) is 11.7. The summed E-state index contributed by atoms with van der Waals surface area (Å²) >= 11 is 1.77. The maximum atomic E-state index is 5.45. The number of rotatable bonds is 11. The zero-order valence-electron chi connectivity index (χ0n) is 14.9. The first-order valence-electron chi connectivity index (χ1n) is 8.40. The molecule has 1 rings (SSSR count). The third-order valence-electron chi connectivity index (χ3n) is 3.84. The summed E-state index contributed by atoms with van der Waals surface area (Å²) < 4.78 is 0. The van der Waals surface area contributed by atoms with Gasteiger partial charge in [0.05, 0.1) is 11.6 Å². The van der Waals surface area contributed by atoms with Gasteiger partial charge in [0.15, 0.2) is 0 Å². The third kappa shape index (κ3) is 6.68. The van der Waals surface area contributed by atoms with Crippen LogP contribution in [-0.4, -0.2) is 19.1 Å². The van der Waals surface area contributed by atoms with Crippen molar-refractivity contribution < 1.29 is 0 Å². The number of terminal acetylenes is 1. The maximum Gasteiger partial charge on any atom is 0.0709 e. The Bertz CT molecular complexity index is 583. The summed E-state index contributed by atoms with van der Waals surface area (Å²) in [6, 6.07) is 8.22. The van der Waals surface area contributed by atoms with Gasteiger partial charge < -0.3 is 4.90 Å². The molecule has 0 heterocycles. The van der Waals surface area contributed by atoms with Gasteiger partial charge in [0.25, 0.3) is 0 Å². The lowest BCUT2D eigenvalue weighted by molar-refractivity contribution is 0.659. The van der Waals surface area contributed by atoms with Crippen LogP contribution in [0.4, 0.5) is 5.69 Å². The number of anilines is 1. The lowest BCUT2D eigenvalue weighted by Crippen LogP contribution is -2.24. The minimum absolute atomic E-state index is 0.855. The van der Waals surface area contributed by atoms with E-state index in [-0.39, 0.29) is 0 Å². The van der Waals surface area contributed by atoms with E-state index >= 15 is 0 Å². The fourth-order valence-corrected chi connectivity index (χ4v) is 3.26. The summed E-state index contributed by atoms with van der Waals surface area (Å²) in [7, 11) is 0. The molecule has 0 aliphatic rings. The van der Waals surface area contributed by atoms with Crippen molar-refractivity contribution in [3.05, 3.63) is 53.1 Å². The molecular formula is C21H28N2S. The van der Waals surface area contributed by atoms with Crippen molar-refractivity contribution in [1.82, 2.24) is 0 Å². The Morgan fingerprint density at radius 1 is 1.29 bits per heavy atom. The molecule has 0 fully saturated rings. The van der Waals surface area contributed by atoms with Gasteiger partial charge in [-0.15, -0.1) is 18.2 Å². The summed E-state index contributed by atoms with van der Waals surface area (Å²) in [5.74, 6) is 3.55. The van der Waals surface area contributed by atoms with Crippen LogP contribution in [0.3, 0.4) is 0 Å². The average Bonchev–Trinajstić information content (AvgIpc) is 2.62. The summed E-state index contributed by atoms with van der Waals surface area (Å²) in [4.78, 5) is 7.55. The molecule has 0 N–H and O–H groups in total. The molecule has 0 aromatic heterocycles.